The summed E-state index contributed by atoms with van der Waals surface area (Å²) in [4.78, 5) is 26.0. The normalized spacial score (nSPS) is 13.3. The average molecular weight is 393 g/mol. The first kappa shape index (κ1) is 20.2. The van der Waals surface area contributed by atoms with Crippen LogP contribution in [0.25, 0.3) is 0 Å². The lowest BCUT2D eigenvalue weighted by atomic mass is 10.1. The Morgan fingerprint density at radius 3 is 2.31 bits per heavy atom. The lowest BCUT2D eigenvalue weighted by molar-refractivity contribution is -0.149. The van der Waals surface area contributed by atoms with Crippen molar-refractivity contribution < 1.29 is 19.1 Å². The van der Waals surface area contributed by atoms with Crippen molar-refractivity contribution in [3.05, 3.63) is 54.1 Å². The summed E-state index contributed by atoms with van der Waals surface area (Å²) < 4.78 is 10.2. The van der Waals surface area contributed by atoms with Crippen LogP contribution < -0.4 is 15.0 Å². The van der Waals surface area contributed by atoms with Gasteiger partial charge in [0.2, 0.25) is 0 Å². The van der Waals surface area contributed by atoms with Gasteiger partial charge in [-0.1, -0.05) is 0 Å². The summed E-state index contributed by atoms with van der Waals surface area (Å²) in [5, 5.41) is 11.5. The first-order valence-corrected chi connectivity index (χ1v) is 9.57. The van der Waals surface area contributed by atoms with Crippen LogP contribution in [0.3, 0.4) is 0 Å². The number of nitrogens with zero attached hydrogens (tertiary/aromatic N) is 2. The Balaban J connectivity index is 1.38. The number of carbonyl (C=O) groups is 2. The third kappa shape index (κ3) is 6.25. The van der Waals surface area contributed by atoms with E-state index in [4.69, 9.17) is 14.7 Å². The molecule has 2 aromatic rings. The highest BCUT2D eigenvalue weighted by Crippen LogP contribution is 2.21. The maximum absolute atomic E-state index is 12.0. The van der Waals surface area contributed by atoms with Gasteiger partial charge in [0.25, 0.3) is 5.91 Å². The zero-order valence-corrected chi connectivity index (χ0v) is 16.1. The van der Waals surface area contributed by atoms with E-state index >= 15 is 0 Å². The Bertz CT molecular complexity index is 866. The van der Waals surface area contributed by atoms with Gasteiger partial charge in [-0.25, -0.2) is 4.79 Å². The molecule has 0 saturated carbocycles. The van der Waals surface area contributed by atoms with E-state index in [9.17, 15) is 9.59 Å². The lowest BCUT2D eigenvalue weighted by Crippen LogP contribution is -2.29. The molecule has 3 rings (SSSR count). The SMILES string of the molecule is N#Cc1ccc(OCC(=O)OCC(=O)Nc2ccc(N3CCCCC3)cc2)cc1. The maximum Gasteiger partial charge on any atom is 0.344 e. The summed E-state index contributed by atoms with van der Waals surface area (Å²) in [6.45, 7) is 1.42. The van der Waals surface area contributed by atoms with E-state index in [0.29, 0.717) is 17.0 Å². The average Bonchev–Trinajstić information content (AvgIpc) is 2.78. The van der Waals surface area contributed by atoms with Crippen LogP contribution in [0.15, 0.2) is 48.5 Å². The zero-order valence-electron chi connectivity index (χ0n) is 16.1. The number of nitriles is 1. The van der Waals surface area contributed by atoms with Crippen molar-refractivity contribution in [3.8, 4) is 11.8 Å². The van der Waals surface area contributed by atoms with Crippen molar-refractivity contribution in [2.75, 3.05) is 36.5 Å². The van der Waals surface area contributed by atoms with E-state index < -0.39 is 11.9 Å². The van der Waals surface area contributed by atoms with E-state index in [1.165, 1.54) is 19.3 Å². The first-order valence-electron chi connectivity index (χ1n) is 9.57. The van der Waals surface area contributed by atoms with E-state index in [0.717, 1.165) is 18.8 Å². The quantitative estimate of drug-likeness (QED) is 0.727. The molecule has 150 valence electrons. The van der Waals surface area contributed by atoms with Gasteiger partial charge in [0.1, 0.15) is 5.75 Å². The maximum atomic E-state index is 12.0. The van der Waals surface area contributed by atoms with Gasteiger partial charge >= 0.3 is 5.97 Å². The summed E-state index contributed by atoms with van der Waals surface area (Å²) in [5.41, 5.74) is 2.30. The number of nitrogens with one attached hydrogen (secondary N) is 1. The van der Waals surface area contributed by atoms with Crippen LogP contribution >= 0.6 is 0 Å². The molecule has 2 aromatic carbocycles. The van der Waals surface area contributed by atoms with Gasteiger partial charge in [-0.2, -0.15) is 5.26 Å². The predicted molar refractivity (Wildman–Crippen MR) is 109 cm³/mol. The molecule has 1 heterocycles. The van der Waals surface area contributed by atoms with Crippen molar-refractivity contribution in [3.63, 3.8) is 0 Å². The molecule has 1 aliphatic rings. The van der Waals surface area contributed by atoms with E-state index in [1.807, 2.05) is 30.3 Å². The van der Waals surface area contributed by atoms with E-state index in [2.05, 4.69) is 10.2 Å². The van der Waals surface area contributed by atoms with Gasteiger partial charge in [-0.3, -0.25) is 4.79 Å². The molecule has 0 unspecified atom stereocenters. The number of rotatable bonds is 7. The van der Waals surface area contributed by atoms with Gasteiger partial charge in [-0.05, 0) is 67.8 Å². The van der Waals surface area contributed by atoms with Crippen LogP contribution in [0.1, 0.15) is 24.8 Å². The summed E-state index contributed by atoms with van der Waals surface area (Å²) >= 11 is 0. The van der Waals surface area contributed by atoms with Crippen molar-refractivity contribution in [1.82, 2.24) is 0 Å². The van der Waals surface area contributed by atoms with E-state index in [-0.39, 0.29) is 13.2 Å². The van der Waals surface area contributed by atoms with Gasteiger partial charge in [0.05, 0.1) is 11.6 Å². The molecule has 7 heteroatoms. The molecule has 0 aliphatic carbocycles. The third-order valence-corrected chi connectivity index (χ3v) is 4.58. The number of esters is 1. The highest BCUT2D eigenvalue weighted by molar-refractivity contribution is 5.93. The molecule has 0 aromatic heterocycles. The second-order valence-electron chi connectivity index (χ2n) is 6.73. The summed E-state index contributed by atoms with van der Waals surface area (Å²) in [6, 6.07) is 16.0. The fourth-order valence-electron chi connectivity index (χ4n) is 3.06. The van der Waals surface area contributed by atoms with Crippen LogP contribution in [-0.4, -0.2) is 38.2 Å². The molecule has 0 atom stereocenters. The standard InChI is InChI=1S/C22H23N3O4/c23-14-17-4-10-20(11-5-17)28-16-22(27)29-15-21(26)24-18-6-8-19(9-7-18)25-12-2-1-3-13-25/h4-11H,1-3,12-13,15-16H2,(H,24,26). The molecule has 0 bridgehead atoms. The molecule has 7 nitrogen and oxygen atoms in total. The van der Waals surface area contributed by atoms with Gasteiger partial charge < -0.3 is 19.7 Å². The fraction of sp³-hybridized carbons (Fsp3) is 0.318. The molecule has 29 heavy (non-hydrogen) atoms. The fourth-order valence-corrected chi connectivity index (χ4v) is 3.06. The Morgan fingerprint density at radius 2 is 1.66 bits per heavy atom. The minimum absolute atomic E-state index is 0.316. The third-order valence-electron chi connectivity index (χ3n) is 4.58. The minimum atomic E-state index is -0.648. The second-order valence-corrected chi connectivity index (χ2v) is 6.73. The number of piperidine rings is 1. The monoisotopic (exact) mass is 393 g/mol. The van der Waals surface area contributed by atoms with Crippen LogP contribution in [0.5, 0.6) is 5.75 Å². The summed E-state index contributed by atoms with van der Waals surface area (Å²) in [6.07, 6.45) is 3.69. The van der Waals surface area contributed by atoms with Crippen molar-refractivity contribution in [2.45, 2.75) is 19.3 Å². The number of benzene rings is 2. The van der Waals surface area contributed by atoms with Gasteiger partial charge in [-0.15, -0.1) is 0 Å². The first-order chi connectivity index (χ1) is 14.1. The van der Waals surface area contributed by atoms with Crippen molar-refractivity contribution >= 4 is 23.3 Å². The van der Waals surface area contributed by atoms with E-state index in [1.54, 1.807) is 24.3 Å². The highest BCUT2D eigenvalue weighted by atomic mass is 16.6. The van der Waals surface area contributed by atoms with Crippen LogP contribution in [-0.2, 0) is 14.3 Å². The Hall–Kier alpha value is -3.53. The predicted octanol–water partition coefficient (Wildman–Crippen LogP) is 3.11. The van der Waals surface area contributed by atoms with Crippen LogP contribution in [0, 0.1) is 11.3 Å². The van der Waals surface area contributed by atoms with Crippen LogP contribution in [0.2, 0.25) is 0 Å². The molecule has 1 N–H and O–H groups in total. The summed E-state index contributed by atoms with van der Waals surface area (Å²) in [7, 11) is 0. The molecule has 1 fully saturated rings. The molecular formula is C22H23N3O4. The molecule has 1 saturated heterocycles. The molecule has 0 spiro atoms. The molecule has 0 radical (unpaired) electrons. The Morgan fingerprint density at radius 1 is 0.966 bits per heavy atom. The number of anilines is 2. The minimum Gasteiger partial charge on any atom is -0.482 e. The number of hydrogen-bond acceptors (Lipinski definition) is 6. The smallest absolute Gasteiger partial charge is 0.344 e. The van der Waals surface area contributed by atoms with Crippen molar-refractivity contribution in [2.24, 2.45) is 0 Å². The van der Waals surface area contributed by atoms with Crippen LogP contribution in [0.4, 0.5) is 11.4 Å². The largest absolute Gasteiger partial charge is 0.482 e. The van der Waals surface area contributed by atoms with Crippen molar-refractivity contribution in [1.29, 1.82) is 5.26 Å². The number of hydrogen-bond donors (Lipinski definition) is 1. The molecule has 1 amide bonds. The molecular weight excluding hydrogens is 370 g/mol. The zero-order chi connectivity index (χ0) is 20.5. The van der Waals surface area contributed by atoms with Gasteiger partial charge in [0, 0.05) is 24.5 Å². The number of carbonyl (C=O) groups excluding carboxylic acids is 2. The topological polar surface area (TPSA) is 91.7 Å². The Labute approximate surface area is 169 Å². The Kier molecular flexibility index (Phi) is 7.06. The highest BCUT2D eigenvalue weighted by Gasteiger charge is 2.12. The second kappa shape index (κ2) is 10.1. The lowest BCUT2D eigenvalue weighted by Gasteiger charge is -2.28. The number of amides is 1. The van der Waals surface area contributed by atoms with Gasteiger partial charge in [0.15, 0.2) is 13.2 Å². The molecule has 1 aliphatic heterocycles. The number of ether oxygens (including phenoxy) is 2. The summed E-state index contributed by atoms with van der Waals surface area (Å²) in [5.74, 6) is -0.619.